The second kappa shape index (κ2) is 6.46. The number of aromatic nitrogens is 4. The molecular weight excluding hydrogens is 330 g/mol. The number of ether oxygens (including phenoxy) is 1. The van der Waals surface area contributed by atoms with E-state index in [0.29, 0.717) is 17.0 Å². The van der Waals surface area contributed by atoms with Gasteiger partial charge in [-0.1, -0.05) is 0 Å². The number of aliphatic hydroxyl groups excluding tert-OH is 4. The molecule has 0 amide bonds. The number of hydrogen-bond donors (Lipinski definition) is 5. The Kier molecular flexibility index (Phi) is 4.29. The van der Waals surface area contributed by atoms with Gasteiger partial charge in [0.25, 0.3) is 0 Å². The summed E-state index contributed by atoms with van der Waals surface area (Å²) < 4.78 is 7.04. The van der Waals surface area contributed by atoms with Crippen molar-refractivity contribution in [3.63, 3.8) is 0 Å². The van der Waals surface area contributed by atoms with Gasteiger partial charge in [-0.05, 0) is 19.3 Å². The molecule has 10 heteroatoms. The van der Waals surface area contributed by atoms with E-state index in [1.54, 1.807) is 0 Å². The van der Waals surface area contributed by atoms with Crippen LogP contribution < -0.4 is 5.32 Å². The van der Waals surface area contributed by atoms with Crippen molar-refractivity contribution in [2.45, 2.75) is 55.9 Å². The molecule has 1 aliphatic carbocycles. The Morgan fingerprint density at radius 1 is 1.16 bits per heavy atom. The van der Waals surface area contributed by atoms with Crippen molar-refractivity contribution in [3.8, 4) is 0 Å². The molecule has 0 radical (unpaired) electrons. The second-order valence-electron chi connectivity index (χ2n) is 6.52. The number of hydrogen-bond acceptors (Lipinski definition) is 9. The van der Waals surface area contributed by atoms with Crippen LogP contribution in [-0.4, -0.2) is 77.0 Å². The minimum Gasteiger partial charge on any atom is -0.394 e. The van der Waals surface area contributed by atoms with Crippen LogP contribution in [0.15, 0.2) is 12.7 Å². The summed E-state index contributed by atoms with van der Waals surface area (Å²) in [5.74, 6) is 0.501. The van der Waals surface area contributed by atoms with Gasteiger partial charge in [0.1, 0.15) is 24.6 Å². The van der Waals surface area contributed by atoms with Crippen molar-refractivity contribution in [2.75, 3.05) is 11.9 Å². The average Bonchev–Trinajstić information content (AvgIpc) is 3.29. The quantitative estimate of drug-likeness (QED) is 0.456. The molecule has 10 nitrogen and oxygen atoms in total. The predicted octanol–water partition coefficient (Wildman–Crippen LogP) is -1.24. The molecule has 3 heterocycles. The Morgan fingerprint density at radius 2 is 2.00 bits per heavy atom. The van der Waals surface area contributed by atoms with E-state index in [1.165, 1.54) is 17.2 Å². The lowest BCUT2D eigenvalue weighted by Crippen LogP contribution is -2.33. The minimum absolute atomic E-state index is 0.0860. The summed E-state index contributed by atoms with van der Waals surface area (Å²) in [6.45, 7) is -0.400. The number of aliphatic hydroxyl groups is 4. The molecule has 0 bridgehead atoms. The Hall–Kier alpha value is -1.85. The lowest BCUT2D eigenvalue weighted by Gasteiger charge is -2.18. The maximum Gasteiger partial charge on any atom is 0.167 e. The van der Waals surface area contributed by atoms with Gasteiger partial charge in [0.05, 0.1) is 25.1 Å². The van der Waals surface area contributed by atoms with Crippen LogP contribution in [-0.2, 0) is 4.74 Å². The zero-order valence-electron chi connectivity index (χ0n) is 13.4. The third kappa shape index (κ3) is 2.75. The third-order valence-corrected chi connectivity index (χ3v) is 4.95. The van der Waals surface area contributed by atoms with E-state index >= 15 is 0 Å². The third-order valence-electron chi connectivity index (χ3n) is 4.95. The van der Waals surface area contributed by atoms with Gasteiger partial charge in [0.2, 0.25) is 0 Å². The summed E-state index contributed by atoms with van der Waals surface area (Å²) in [6.07, 6.45) is 0.768. The summed E-state index contributed by atoms with van der Waals surface area (Å²) in [4.78, 5) is 12.7. The first-order valence-electron chi connectivity index (χ1n) is 8.34. The Bertz CT molecular complexity index is 755. The number of nitrogens with one attached hydrogen (secondary N) is 1. The van der Waals surface area contributed by atoms with Crippen molar-refractivity contribution < 1.29 is 25.2 Å². The number of fused-ring (bicyclic) bond motifs is 1. The van der Waals surface area contributed by atoms with Crippen LogP contribution in [0.3, 0.4) is 0 Å². The topological polar surface area (TPSA) is 146 Å². The zero-order valence-corrected chi connectivity index (χ0v) is 13.4. The van der Waals surface area contributed by atoms with Gasteiger partial charge in [0, 0.05) is 0 Å². The smallest absolute Gasteiger partial charge is 0.167 e. The summed E-state index contributed by atoms with van der Waals surface area (Å²) in [5, 5.41) is 42.6. The van der Waals surface area contributed by atoms with Crippen molar-refractivity contribution in [1.29, 1.82) is 0 Å². The summed E-state index contributed by atoms with van der Waals surface area (Å²) in [5.41, 5.74) is 0.916. The fourth-order valence-electron chi connectivity index (χ4n) is 3.54. The van der Waals surface area contributed by atoms with E-state index in [9.17, 15) is 20.4 Å². The summed E-state index contributed by atoms with van der Waals surface area (Å²) >= 11 is 0. The van der Waals surface area contributed by atoms with E-state index in [1.807, 2.05) is 0 Å². The lowest BCUT2D eigenvalue weighted by atomic mass is 10.1. The van der Waals surface area contributed by atoms with Gasteiger partial charge in [-0.3, -0.25) is 4.57 Å². The summed E-state index contributed by atoms with van der Waals surface area (Å²) in [7, 11) is 0. The summed E-state index contributed by atoms with van der Waals surface area (Å²) in [6, 6.07) is -0.0860. The molecule has 0 spiro atoms. The highest BCUT2D eigenvalue weighted by atomic mass is 16.6. The first-order chi connectivity index (χ1) is 12.1. The van der Waals surface area contributed by atoms with Crippen LogP contribution in [0.2, 0.25) is 0 Å². The van der Waals surface area contributed by atoms with Gasteiger partial charge in [-0.25, -0.2) is 15.0 Å². The second-order valence-corrected chi connectivity index (χ2v) is 6.52. The van der Waals surface area contributed by atoms with Crippen LogP contribution in [0.5, 0.6) is 0 Å². The van der Waals surface area contributed by atoms with Gasteiger partial charge >= 0.3 is 0 Å². The SMILES string of the molecule is OCC1O[C@H](n2cnc3c(N[C@H]4CCCC4O)ncnc32)C(O)C1O. The minimum atomic E-state index is -1.21. The van der Waals surface area contributed by atoms with Crippen molar-refractivity contribution >= 4 is 17.0 Å². The molecule has 2 aliphatic rings. The standard InChI is InChI=1S/C15H21N5O5/c21-4-9-11(23)12(24)15(25-9)20-6-18-10-13(16-5-17-14(10)20)19-7-2-1-3-8(7)22/h5-9,11-12,15,21-24H,1-4H2,(H,16,17,19)/t7-,8?,9?,11?,12?,15-/m0/s1. The Morgan fingerprint density at radius 3 is 2.68 bits per heavy atom. The molecule has 4 unspecified atom stereocenters. The van der Waals surface area contributed by atoms with E-state index in [0.717, 1.165) is 19.3 Å². The molecule has 1 saturated heterocycles. The molecule has 5 N–H and O–H groups in total. The number of nitrogens with zero attached hydrogens (tertiary/aromatic N) is 4. The molecule has 1 saturated carbocycles. The highest BCUT2D eigenvalue weighted by molar-refractivity contribution is 5.82. The average molecular weight is 351 g/mol. The van der Waals surface area contributed by atoms with Crippen molar-refractivity contribution in [3.05, 3.63) is 12.7 Å². The zero-order chi connectivity index (χ0) is 17.6. The fraction of sp³-hybridized carbons (Fsp3) is 0.667. The maximum absolute atomic E-state index is 10.2. The molecule has 6 atom stereocenters. The maximum atomic E-state index is 10.2. The van der Waals surface area contributed by atoms with Crippen LogP contribution >= 0.6 is 0 Å². The van der Waals surface area contributed by atoms with Gasteiger partial charge in [0.15, 0.2) is 23.2 Å². The van der Waals surface area contributed by atoms with Crippen molar-refractivity contribution in [1.82, 2.24) is 19.5 Å². The van der Waals surface area contributed by atoms with E-state index in [-0.39, 0.29) is 6.04 Å². The number of rotatable bonds is 4. The largest absolute Gasteiger partial charge is 0.394 e. The van der Waals surface area contributed by atoms with Crippen LogP contribution in [0.25, 0.3) is 11.2 Å². The first kappa shape index (κ1) is 16.6. The molecule has 0 aromatic carbocycles. The van der Waals surface area contributed by atoms with E-state index in [4.69, 9.17) is 4.74 Å². The molecule has 2 aromatic heterocycles. The van der Waals surface area contributed by atoms with Crippen LogP contribution in [0, 0.1) is 0 Å². The van der Waals surface area contributed by atoms with E-state index < -0.39 is 37.3 Å². The molecule has 4 rings (SSSR count). The normalized spacial score (nSPS) is 35.5. The van der Waals surface area contributed by atoms with Gasteiger partial charge < -0.3 is 30.5 Å². The Labute approximate surface area is 143 Å². The predicted molar refractivity (Wildman–Crippen MR) is 85.6 cm³/mol. The molecule has 2 fully saturated rings. The monoisotopic (exact) mass is 351 g/mol. The van der Waals surface area contributed by atoms with Crippen LogP contribution in [0.4, 0.5) is 5.82 Å². The Balaban J connectivity index is 1.65. The highest BCUT2D eigenvalue weighted by Crippen LogP contribution is 2.32. The molecule has 2 aromatic rings. The fourth-order valence-corrected chi connectivity index (χ4v) is 3.54. The van der Waals surface area contributed by atoms with Gasteiger partial charge in [-0.2, -0.15) is 0 Å². The lowest BCUT2D eigenvalue weighted by molar-refractivity contribution is -0.0511. The number of imidazole rings is 1. The molecule has 1 aliphatic heterocycles. The van der Waals surface area contributed by atoms with E-state index in [2.05, 4.69) is 20.3 Å². The van der Waals surface area contributed by atoms with Crippen LogP contribution in [0.1, 0.15) is 25.5 Å². The molecule has 136 valence electrons. The highest BCUT2D eigenvalue weighted by Gasteiger charge is 2.44. The van der Waals surface area contributed by atoms with Gasteiger partial charge in [-0.15, -0.1) is 0 Å². The molecule has 25 heavy (non-hydrogen) atoms. The van der Waals surface area contributed by atoms with Crippen molar-refractivity contribution in [2.24, 2.45) is 0 Å². The number of anilines is 1. The molecular formula is C15H21N5O5. The first-order valence-corrected chi connectivity index (χ1v) is 8.34.